The molecule has 0 saturated heterocycles. The van der Waals surface area contributed by atoms with E-state index in [-0.39, 0.29) is 6.61 Å². The van der Waals surface area contributed by atoms with Crippen LogP contribution in [-0.2, 0) is 11.3 Å². The van der Waals surface area contributed by atoms with Crippen molar-refractivity contribution in [2.24, 2.45) is 0 Å². The van der Waals surface area contributed by atoms with Crippen LogP contribution in [-0.4, -0.2) is 24.9 Å². The molecule has 1 aromatic carbocycles. The van der Waals surface area contributed by atoms with Crippen LogP contribution in [0.5, 0.6) is 5.75 Å². The highest BCUT2D eigenvalue weighted by atomic mass is 16.5. The summed E-state index contributed by atoms with van der Waals surface area (Å²) in [5.74, 6) is 0.904. The van der Waals surface area contributed by atoms with Gasteiger partial charge in [0.1, 0.15) is 5.75 Å². The third-order valence-corrected chi connectivity index (χ3v) is 2.11. The third-order valence-electron chi connectivity index (χ3n) is 2.11. The first-order chi connectivity index (χ1) is 7.86. The van der Waals surface area contributed by atoms with Crippen LogP contribution in [0.2, 0.25) is 0 Å². The molecule has 0 heterocycles. The summed E-state index contributed by atoms with van der Waals surface area (Å²) in [5, 5.41) is 8.59. The molecule has 1 aromatic rings. The monoisotopic (exact) mass is 224 g/mol. The second-order valence-electron chi connectivity index (χ2n) is 3.62. The lowest BCUT2D eigenvalue weighted by Gasteiger charge is -2.06. The zero-order chi connectivity index (χ0) is 11.6. The van der Waals surface area contributed by atoms with Crippen LogP contribution >= 0.6 is 0 Å². The lowest BCUT2D eigenvalue weighted by molar-refractivity contribution is 0.104. The Hall–Kier alpha value is -1.06. The van der Waals surface area contributed by atoms with Crippen molar-refractivity contribution in [3.8, 4) is 5.75 Å². The van der Waals surface area contributed by atoms with Gasteiger partial charge in [0.05, 0.1) is 13.2 Å². The molecular formula is C13H20O3. The molecule has 1 N–H and O–H groups in total. The van der Waals surface area contributed by atoms with E-state index in [0.717, 1.165) is 24.3 Å². The Morgan fingerprint density at radius 1 is 1.12 bits per heavy atom. The molecule has 0 amide bonds. The summed E-state index contributed by atoms with van der Waals surface area (Å²) in [6.07, 6.45) is 1.71. The summed E-state index contributed by atoms with van der Waals surface area (Å²) in [7, 11) is 0. The summed E-state index contributed by atoms with van der Waals surface area (Å²) in [5.41, 5.74) is 1.13. The van der Waals surface area contributed by atoms with E-state index in [1.54, 1.807) is 0 Å². The Bertz CT molecular complexity index is 269. The summed E-state index contributed by atoms with van der Waals surface area (Å²) < 4.78 is 10.9. The molecule has 3 nitrogen and oxygen atoms in total. The number of ether oxygens (including phenoxy) is 2. The average Bonchev–Trinajstić information content (AvgIpc) is 2.33. The fourth-order valence-corrected chi connectivity index (χ4v) is 1.26. The van der Waals surface area contributed by atoms with Gasteiger partial charge in [-0.25, -0.2) is 0 Å². The van der Waals surface area contributed by atoms with Gasteiger partial charge in [0.15, 0.2) is 0 Å². The molecule has 0 unspecified atom stereocenters. The Morgan fingerprint density at radius 3 is 2.50 bits per heavy atom. The molecule has 1 rings (SSSR count). The van der Waals surface area contributed by atoms with E-state index in [0.29, 0.717) is 19.6 Å². The molecular weight excluding hydrogens is 204 g/mol. The summed E-state index contributed by atoms with van der Waals surface area (Å²) >= 11 is 0. The van der Waals surface area contributed by atoms with Gasteiger partial charge in [0.25, 0.3) is 0 Å². The lowest BCUT2D eigenvalue weighted by atomic mass is 10.2. The molecule has 0 aliphatic rings. The largest absolute Gasteiger partial charge is 0.494 e. The van der Waals surface area contributed by atoms with Crippen molar-refractivity contribution in [3.05, 3.63) is 29.8 Å². The second-order valence-corrected chi connectivity index (χ2v) is 3.62. The van der Waals surface area contributed by atoms with Crippen molar-refractivity contribution < 1.29 is 14.6 Å². The summed E-state index contributed by atoms with van der Waals surface area (Å²) in [6.45, 7) is 4.22. The van der Waals surface area contributed by atoms with Crippen molar-refractivity contribution in [1.82, 2.24) is 0 Å². The smallest absolute Gasteiger partial charge is 0.119 e. The van der Waals surface area contributed by atoms with E-state index in [4.69, 9.17) is 14.6 Å². The topological polar surface area (TPSA) is 38.7 Å². The third kappa shape index (κ3) is 5.14. The van der Waals surface area contributed by atoms with Gasteiger partial charge in [0, 0.05) is 13.2 Å². The molecule has 0 saturated carbocycles. The number of rotatable bonds is 8. The van der Waals surface area contributed by atoms with Crippen LogP contribution in [0.3, 0.4) is 0 Å². The van der Waals surface area contributed by atoms with E-state index >= 15 is 0 Å². The average molecular weight is 224 g/mol. The molecule has 0 radical (unpaired) electrons. The van der Waals surface area contributed by atoms with Crippen LogP contribution in [0.25, 0.3) is 0 Å². The SMILES string of the molecule is CCCOc1ccc(COCCCO)cc1. The highest BCUT2D eigenvalue weighted by Crippen LogP contribution is 2.13. The second kappa shape index (κ2) is 8.13. The zero-order valence-electron chi connectivity index (χ0n) is 9.82. The van der Waals surface area contributed by atoms with Gasteiger partial charge >= 0.3 is 0 Å². The zero-order valence-corrected chi connectivity index (χ0v) is 9.82. The Morgan fingerprint density at radius 2 is 1.88 bits per heavy atom. The van der Waals surface area contributed by atoms with Crippen molar-refractivity contribution >= 4 is 0 Å². The van der Waals surface area contributed by atoms with Gasteiger partial charge in [-0.15, -0.1) is 0 Å². The van der Waals surface area contributed by atoms with Crippen molar-refractivity contribution in [2.45, 2.75) is 26.4 Å². The Balaban J connectivity index is 2.27. The molecule has 0 aromatic heterocycles. The quantitative estimate of drug-likeness (QED) is 0.689. The predicted octanol–water partition coefficient (Wildman–Crippen LogP) is 2.37. The van der Waals surface area contributed by atoms with Crippen LogP contribution < -0.4 is 4.74 Å². The first kappa shape index (κ1) is 13.0. The highest BCUT2D eigenvalue weighted by molar-refractivity contribution is 5.26. The van der Waals surface area contributed by atoms with Gasteiger partial charge in [-0.05, 0) is 30.5 Å². The van der Waals surface area contributed by atoms with Crippen LogP contribution in [0.4, 0.5) is 0 Å². The van der Waals surface area contributed by atoms with E-state index in [2.05, 4.69) is 6.92 Å². The van der Waals surface area contributed by atoms with Gasteiger partial charge in [-0.2, -0.15) is 0 Å². The number of benzene rings is 1. The van der Waals surface area contributed by atoms with Gasteiger partial charge in [0.2, 0.25) is 0 Å². The highest BCUT2D eigenvalue weighted by Gasteiger charge is 1.95. The molecule has 0 aliphatic heterocycles. The van der Waals surface area contributed by atoms with Gasteiger partial charge in [-0.3, -0.25) is 0 Å². The Kier molecular flexibility index (Phi) is 6.61. The molecule has 0 bridgehead atoms. The molecule has 0 atom stereocenters. The van der Waals surface area contributed by atoms with Crippen LogP contribution in [0, 0.1) is 0 Å². The van der Waals surface area contributed by atoms with E-state index < -0.39 is 0 Å². The lowest BCUT2D eigenvalue weighted by Crippen LogP contribution is -1.98. The summed E-state index contributed by atoms with van der Waals surface area (Å²) in [6, 6.07) is 7.93. The normalized spacial score (nSPS) is 10.4. The molecule has 90 valence electrons. The van der Waals surface area contributed by atoms with Crippen molar-refractivity contribution in [3.63, 3.8) is 0 Å². The molecule has 3 heteroatoms. The molecule has 0 spiro atoms. The van der Waals surface area contributed by atoms with Crippen molar-refractivity contribution in [1.29, 1.82) is 0 Å². The fourth-order valence-electron chi connectivity index (χ4n) is 1.26. The molecule has 16 heavy (non-hydrogen) atoms. The first-order valence-corrected chi connectivity index (χ1v) is 5.77. The van der Waals surface area contributed by atoms with Crippen LogP contribution in [0.1, 0.15) is 25.3 Å². The molecule has 0 fully saturated rings. The maximum absolute atomic E-state index is 8.59. The number of aliphatic hydroxyl groups excluding tert-OH is 1. The number of hydrogen-bond acceptors (Lipinski definition) is 3. The van der Waals surface area contributed by atoms with Gasteiger partial charge in [-0.1, -0.05) is 19.1 Å². The number of hydrogen-bond donors (Lipinski definition) is 1. The molecule has 0 aliphatic carbocycles. The maximum atomic E-state index is 8.59. The minimum absolute atomic E-state index is 0.184. The predicted molar refractivity (Wildman–Crippen MR) is 63.6 cm³/mol. The minimum Gasteiger partial charge on any atom is -0.494 e. The maximum Gasteiger partial charge on any atom is 0.119 e. The number of aliphatic hydroxyl groups is 1. The van der Waals surface area contributed by atoms with Crippen LogP contribution in [0.15, 0.2) is 24.3 Å². The van der Waals surface area contributed by atoms with Crippen molar-refractivity contribution in [2.75, 3.05) is 19.8 Å². The van der Waals surface area contributed by atoms with Gasteiger partial charge < -0.3 is 14.6 Å². The van der Waals surface area contributed by atoms with E-state index in [1.807, 2.05) is 24.3 Å². The summed E-state index contributed by atoms with van der Waals surface area (Å²) in [4.78, 5) is 0. The van der Waals surface area contributed by atoms with E-state index in [1.165, 1.54) is 0 Å². The Labute approximate surface area is 97.0 Å². The standard InChI is InChI=1S/C13H20O3/c1-2-9-16-13-6-4-12(5-7-13)11-15-10-3-8-14/h4-7,14H,2-3,8-11H2,1H3. The minimum atomic E-state index is 0.184. The fraction of sp³-hybridized carbons (Fsp3) is 0.538. The van der Waals surface area contributed by atoms with E-state index in [9.17, 15) is 0 Å². The first-order valence-electron chi connectivity index (χ1n) is 5.77.